The molecule has 118 valence electrons. The Morgan fingerprint density at radius 1 is 1.36 bits per heavy atom. The van der Waals surface area contributed by atoms with Crippen LogP contribution in [0, 0.1) is 17.3 Å². The van der Waals surface area contributed by atoms with E-state index < -0.39 is 11.4 Å². The Kier molecular flexibility index (Phi) is 6.00. The van der Waals surface area contributed by atoms with E-state index in [1.165, 1.54) is 19.2 Å². The summed E-state index contributed by atoms with van der Waals surface area (Å²) < 4.78 is 4.69. The highest BCUT2D eigenvalue weighted by atomic mass is 16.5. The number of ether oxygens (including phenoxy) is 1. The van der Waals surface area contributed by atoms with Crippen molar-refractivity contribution in [3.63, 3.8) is 0 Å². The zero-order chi connectivity index (χ0) is 16.8. The number of hydrogen-bond donors (Lipinski definition) is 2. The van der Waals surface area contributed by atoms with Gasteiger partial charge in [0.25, 0.3) is 0 Å². The topological polar surface area (TPSA) is 75.6 Å². The zero-order valence-corrected chi connectivity index (χ0v) is 13.3. The predicted molar refractivity (Wildman–Crippen MR) is 84.3 cm³/mol. The van der Waals surface area contributed by atoms with E-state index >= 15 is 0 Å². The molecule has 2 N–H and O–H groups in total. The van der Waals surface area contributed by atoms with Crippen LogP contribution in [0.3, 0.4) is 0 Å². The van der Waals surface area contributed by atoms with Crippen molar-refractivity contribution < 1.29 is 19.4 Å². The van der Waals surface area contributed by atoms with Gasteiger partial charge in [-0.25, -0.2) is 0 Å². The number of esters is 1. The number of carbonyl (C=O) groups is 2. The second-order valence-electron chi connectivity index (χ2n) is 5.39. The number of hydrogen-bond acceptors (Lipinski definition) is 4. The summed E-state index contributed by atoms with van der Waals surface area (Å²) in [4.78, 5) is 23.3. The molecule has 0 aliphatic carbocycles. The second kappa shape index (κ2) is 7.51. The summed E-state index contributed by atoms with van der Waals surface area (Å²) in [6, 6.07) is 4.50. The van der Waals surface area contributed by atoms with E-state index in [-0.39, 0.29) is 11.7 Å². The first-order valence-corrected chi connectivity index (χ1v) is 7.04. The van der Waals surface area contributed by atoms with Crippen molar-refractivity contribution in [1.29, 1.82) is 0 Å². The van der Waals surface area contributed by atoms with E-state index in [2.05, 4.69) is 17.2 Å². The summed E-state index contributed by atoms with van der Waals surface area (Å²) >= 11 is 0. The Balaban J connectivity index is 3.11. The Bertz CT molecular complexity index is 623. The van der Waals surface area contributed by atoms with Crippen LogP contribution in [-0.4, -0.2) is 24.1 Å². The first kappa shape index (κ1) is 17.6. The van der Waals surface area contributed by atoms with Crippen molar-refractivity contribution >= 4 is 17.6 Å². The number of nitrogens with one attached hydrogen (secondary N) is 1. The molecular weight excluding hydrogens is 282 g/mol. The van der Waals surface area contributed by atoms with Gasteiger partial charge in [-0.05, 0) is 38.5 Å². The zero-order valence-electron chi connectivity index (χ0n) is 13.3. The Morgan fingerprint density at radius 2 is 2.05 bits per heavy atom. The lowest BCUT2D eigenvalue weighted by Crippen LogP contribution is -2.23. The van der Waals surface area contributed by atoms with Crippen molar-refractivity contribution in [3.05, 3.63) is 23.8 Å². The molecule has 0 aliphatic rings. The van der Waals surface area contributed by atoms with Crippen LogP contribution in [0.1, 0.15) is 39.2 Å². The highest BCUT2D eigenvalue weighted by molar-refractivity contribution is 5.92. The molecule has 1 aromatic carbocycles. The van der Waals surface area contributed by atoms with Crippen molar-refractivity contribution in [2.75, 3.05) is 12.4 Å². The molecule has 0 aromatic heterocycles. The molecule has 0 unspecified atom stereocenters. The largest absolute Gasteiger partial charge is 0.508 e. The van der Waals surface area contributed by atoms with Gasteiger partial charge in [-0.2, -0.15) is 0 Å². The summed E-state index contributed by atoms with van der Waals surface area (Å²) in [7, 11) is 1.30. The maximum atomic E-state index is 11.7. The van der Waals surface area contributed by atoms with Gasteiger partial charge in [0, 0.05) is 6.42 Å². The van der Waals surface area contributed by atoms with Gasteiger partial charge >= 0.3 is 5.97 Å². The monoisotopic (exact) mass is 303 g/mol. The molecule has 0 radical (unpaired) electrons. The fourth-order valence-electron chi connectivity index (χ4n) is 1.71. The third-order valence-corrected chi connectivity index (χ3v) is 2.96. The lowest BCUT2D eigenvalue weighted by atomic mass is 9.94. The number of carbonyl (C=O) groups excluding carboxylic acids is 2. The molecular formula is C17H21NO4. The van der Waals surface area contributed by atoms with Crippen LogP contribution in [0.2, 0.25) is 0 Å². The van der Waals surface area contributed by atoms with Crippen molar-refractivity contribution in [2.45, 2.75) is 33.6 Å². The van der Waals surface area contributed by atoms with E-state index in [1.807, 2.05) is 6.92 Å². The minimum absolute atomic E-state index is 0.0358. The predicted octanol–water partition coefficient (Wildman–Crippen LogP) is 2.68. The Labute approximate surface area is 130 Å². The summed E-state index contributed by atoms with van der Waals surface area (Å²) in [6.45, 7) is 5.20. The maximum Gasteiger partial charge on any atom is 0.323 e. The summed E-state index contributed by atoms with van der Waals surface area (Å²) in [5, 5.41) is 12.3. The van der Waals surface area contributed by atoms with Gasteiger partial charge in [-0.15, -0.1) is 0 Å². The summed E-state index contributed by atoms with van der Waals surface area (Å²) in [6.07, 6.45) is 1.14. The van der Waals surface area contributed by atoms with Gasteiger partial charge in [-0.3, -0.25) is 9.59 Å². The molecule has 0 fully saturated rings. The lowest BCUT2D eigenvalue weighted by molar-refractivity contribution is -0.147. The fraction of sp³-hybridized carbons (Fsp3) is 0.412. The van der Waals surface area contributed by atoms with Crippen molar-refractivity contribution in [3.8, 4) is 17.6 Å². The van der Waals surface area contributed by atoms with Crippen LogP contribution >= 0.6 is 0 Å². The van der Waals surface area contributed by atoms with Crippen LogP contribution in [-0.2, 0) is 14.3 Å². The van der Waals surface area contributed by atoms with E-state index in [4.69, 9.17) is 4.74 Å². The van der Waals surface area contributed by atoms with Gasteiger partial charge in [0.15, 0.2) is 0 Å². The summed E-state index contributed by atoms with van der Waals surface area (Å²) in [5.41, 5.74) is -0.0314. The van der Waals surface area contributed by atoms with Gasteiger partial charge in [0.1, 0.15) is 11.2 Å². The van der Waals surface area contributed by atoms with Gasteiger partial charge in [-0.1, -0.05) is 18.8 Å². The number of phenols is 1. The number of benzene rings is 1. The Morgan fingerprint density at radius 3 is 2.64 bits per heavy atom. The van der Waals surface area contributed by atoms with E-state index in [9.17, 15) is 14.7 Å². The average Bonchev–Trinajstić information content (AvgIpc) is 2.46. The second-order valence-corrected chi connectivity index (χ2v) is 5.39. The molecule has 0 saturated carbocycles. The molecule has 5 nitrogen and oxygen atoms in total. The van der Waals surface area contributed by atoms with E-state index in [1.54, 1.807) is 19.9 Å². The van der Waals surface area contributed by atoms with Crippen LogP contribution in [0.4, 0.5) is 5.69 Å². The molecule has 5 heteroatoms. The molecule has 0 atom stereocenters. The molecule has 0 aliphatic heterocycles. The minimum atomic E-state index is -0.981. The first-order chi connectivity index (χ1) is 10.3. The molecule has 22 heavy (non-hydrogen) atoms. The fourth-order valence-corrected chi connectivity index (χ4v) is 1.71. The number of rotatable bonds is 4. The number of anilines is 1. The van der Waals surface area contributed by atoms with Crippen molar-refractivity contribution in [1.82, 2.24) is 0 Å². The third kappa shape index (κ3) is 4.81. The number of methoxy groups -OCH3 is 1. The molecule has 1 aromatic rings. The van der Waals surface area contributed by atoms with E-state index in [0.717, 1.165) is 6.42 Å². The van der Waals surface area contributed by atoms with Crippen LogP contribution in [0.25, 0.3) is 0 Å². The normalized spacial score (nSPS) is 10.4. The smallest absolute Gasteiger partial charge is 0.323 e. The SMILES string of the molecule is CCCC(=O)Nc1ccc(O)cc1C#CC(C)(C)C(=O)OC. The lowest BCUT2D eigenvalue weighted by Gasteiger charge is -2.14. The third-order valence-electron chi connectivity index (χ3n) is 2.96. The molecule has 0 saturated heterocycles. The Hall–Kier alpha value is -2.48. The van der Waals surface area contributed by atoms with Gasteiger partial charge in [0.05, 0.1) is 18.4 Å². The first-order valence-electron chi connectivity index (χ1n) is 7.04. The summed E-state index contributed by atoms with van der Waals surface area (Å²) in [5.74, 6) is 5.11. The number of amides is 1. The van der Waals surface area contributed by atoms with Crippen LogP contribution in [0.15, 0.2) is 18.2 Å². The highest BCUT2D eigenvalue weighted by Gasteiger charge is 2.26. The molecule has 0 heterocycles. The average molecular weight is 303 g/mol. The van der Waals surface area contributed by atoms with Gasteiger partial charge in [0.2, 0.25) is 5.91 Å². The van der Waals surface area contributed by atoms with E-state index in [0.29, 0.717) is 17.7 Å². The van der Waals surface area contributed by atoms with Crippen molar-refractivity contribution in [2.24, 2.45) is 5.41 Å². The maximum absolute atomic E-state index is 11.7. The quantitative estimate of drug-likeness (QED) is 0.509. The van der Waals surface area contributed by atoms with Crippen LogP contribution in [0.5, 0.6) is 5.75 Å². The molecule has 0 spiro atoms. The molecule has 0 bridgehead atoms. The standard InChI is InChI=1S/C17H21NO4/c1-5-6-15(20)18-14-8-7-13(19)11-12(14)9-10-17(2,3)16(21)22-4/h7-8,11,19H,5-6H2,1-4H3,(H,18,20). The molecule has 1 amide bonds. The molecule has 1 rings (SSSR count). The van der Waals surface area contributed by atoms with Crippen LogP contribution < -0.4 is 5.32 Å². The number of phenolic OH excluding ortho intramolecular Hbond substituents is 1. The van der Waals surface area contributed by atoms with Gasteiger partial charge < -0.3 is 15.2 Å². The highest BCUT2D eigenvalue weighted by Crippen LogP contribution is 2.22. The minimum Gasteiger partial charge on any atom is -0.508 e. The number of aromatic hydroxyl groups is 1.